The highest BCUT2D eigenvalue weighted by atomic mass is 35.5. The number of hydrogen-bond acceptors (Lipinski definition) is 3. The molecule has 0 saturated carbocycles. The fraction of sp³-hybridized carbons (Fsp3) is 0. The summed E-state index contributed by atoms with van der Waals surface area (Å²) in [6, 6.07) is 11.6. The van der Waals surface area contributed by atoms with Crippen molar-refractivity contribution in [3.8, 4) is 5.75 Å². The quantitative estimate of drug-likeness (QED) is 0.631. The van der Waals surface area contributed by atoms with Crippen LogP contribution in [0.5, 0.6) is 5.75 Å². The summed E-state index contributed by atoms with van der Waals surface area (Å²) in [6.07, 6.45) is -1.39. The molecule has 0 bridgehead atoms. The number of anilines is 2. The number of ether oxygens (including phenoxy) is 1. The molecule has 0 amide bonds. The van der Waals surface area contributed by atoms with Crippen molar-refractivity contribution in [3.63, 3.8) is 0 Å². The Morgan fingerprint density at radius 1 is 1.11 bits per heavy atom. The smallest absolute Gasteiger partial charge is 0.449 e. The second-order valence-corrected chi connectivity index (χ2v) is 4.52. The van der Waals surface area contributed by atoms with Crippen molar-refractivity contribution < 1.29 is 14.6 Å². The molecule has 2 aromatic carbocycles. The van der Waals surface area contributed by atoms with E-state index in [1.54, 1.807) is 36.4 Å². The minimum Gasteiger partial charge on any atom is -0.449 e. The van der Waals surface area contributed by atoms with Crippen LogP contribution in [0.4, 0.5) is 16.2 Å². The lowest BCUT2D eigenvalue weighted by Gasteiger charge is -2.11. The van der Waals surface area contributed by atoms with E-state index in [2.05, 4.69) is 10.1 Å². The molecule has 2 N–H and O–H groups in total. The van der Waals surface area contributed by atoms with Crippen LogP contribution < -0.4 is 10.1 Å². The molecule has 0 heterocycles. The van der Waals surface area contributed by atoms with Crippen LogP contribution in [0.3, 0.4) is 0 Å². The van der Waals surface area contributed by atoms with Gasteiger partial charge in [-0.15, -0.1) is 0 Å². The molecule has 0 unspecified atom stereocenters. The zero-order chi connectivity index (χ0) is 13.8. The number of carboxylic acid groups (broad SMARTS) is 1. The Balaban J connectivity index is 2.32. The molecule has 0 radical (unpaired) electrons. The van der Waals surface area contributed by atoms with E-state index >= 15 is 0 Å². The van der Waals surface area contributed by atoms with Gasteiger partial charge in [-0.3, -0.25) is 0 Å². The highest BCUT2D eigenvalue weighted by Gasteiger charge is 2.09. The van der Waals surface area contributed by atoms with E-state index < -0.39 is 6.16 Å². The summed E-state index contributed by atoms with van der Waals surface area (Å²) < 4.78 is 4.67. The molecule has 0 aliphatic carbocycles. The Bertz CT molecular complexity index is 617. The molecule has 4 nitrogen and oxygen atoms in total. The van der Waals surface area contributed by atoms with Crippen molar-refractivity contribution in [2.24, 2.45) is 0 Å². The summed E-state index contributed by atoms with van der Waals surface area (Å²) in [4.78, 5) is 10.6. The van der Waals surface area contributed by atoms with Crippen LogP contribution in [0.2, 0.25) is 10.0 Å². The Labute approximate surface area is 119 Å². The van der Waals surface area contributed by atoms with Gasteiger partial charge < -0.3 is 15.2 Å². The lowest BCUT2D eigenvalue weighted by molar-refractivity contribution is 0.144. The summed E-state index contributed by atoms with van der Waals surface area (Å²) in [6.45, 7) is 0. The van der Waals surface area contributed by atoms with E-state index in [9.17, 15) is 4.79 Å². The summed E-state index contributed by atoms with van der Waals surface area (Å²) >= 11 is 11.8. The number of halogens is 2. The number of benzene rings is 2. The van der Waals surface area contributed by atoms with Gasteiger partial charge in [0.1, 0.15) is 0 Å². The topological polar surface area (TPSA) is 58.6 Å². The van der Waals surface area contributed by atoms with Gasteiger partial charge in [0.05, 0.1) is 5.69 Å². The predicted octanol–water partition coefficient (Wildman–Crippen LogP) is 4.79. The van der Waals surface area contributed by atoms with Gasteiger partial charge in [0.25, 0.3) is 0 Å². The number of nitrogens with one attached hydrogen (secondary N) is 1. The van der Waals surface area contributed by atoms with Crippen LogP contribution in [0.25, 0.3) is 0 Å². The summed E-state index contributed by atoms with van der Waals surface area (Å²) in [5.41, 5.74) is 1.14. The van der Waals surface area contributed by atoms with Crippen molar-refractivity contribution in [1.29, 1.82) is 0 Å². The van der Waals surface area contributed by atoms with E-state index in [0.29, 0.717) is 21.4 Å². The molecule has 0 aliphatic heterocycles. The first-order valence-electron chi connectivity index (χ1n) is 5.27. The lowest BCUT2D eigenvalue weighted by Crippen LogP contribution is -2.05. The molecule has 2 rings (SSSR count). The molecule has 98 valence electrons. The zero-order valence-electron chi connectivity index (χ0n) is 9.56. The highest BCUT2D eigenvalue weighted by molar-refractivity contribution is 6.31. The van der Waals surface area contributed by atoms with Gasteiger partial charge in [-0.05, 0) is 36.4 Å². The van der Waals surface area contributed by atoms with Gasteiger partial charge in [0.2, 0.25) is 0 Å². The second-order valence-electron chi connectivity index (χ2n) is 3.64. The third-order valence-corrected chi connectivity index (χ3v) is 2.71. The van der Waals surface area contributed by atoms with Crippen molar-refractivity contribution >= 4 is 40.7 Å². The van der Waals surface area contributed by atoms with E-state index in [-0.39, 0.29) is 5.75 Å². The van der Waals surface area contributed by atoms with E-state index in [1.165, 1.54) is 6.07 Å². The molecular weight excluding hydrogens is 289 g/mol. The first-order valence-corrected chi connectivity index (χ1v) is 6.03. The second kappa shape index (κ2) is 5.82. The fourth-order valence-corrected chi connectivity index (χ4v) is 1.87. The summed E-state index contributed by atoms with van der Waals surface area (Å²) in [5, 5.41) is 12.7. The fourth-order valence-electron chi connectivity index (χ4n) is 1.50. The Morgan fingerprint density at radius 2 is 1.84 bits per heavy atom. The highest BCUT2D eigenvalue weighted by Crippen LogP contribution is 2.31. The lowest BCUT2D eigenvalue weighted by atomic mass is 10.2. The van der Waals surface area contributed by atoms with Crippen LogP contribution in [-0.2, 0) is 0 Å². The normalized spacial score (nSPS) is 10.0. The van der Waals surface area contributed by atoms with Gasteiger partial charge in [-0.1, -0.05) is 29.3 Å². The third kappa shape index (κ3) is 3.77. The minimum atomic E-state index is -1.39. The molecule has 0 atom stereocenters. The molecule has 2 aromatic rings. The summed E-state index contributed by atoms with van der Waals surface area (Å²) in [5.74, 6) is 0.164. The van der Waals surface area contributed by atoms with Crippen LogP contribution in [0, 0.1) is 0 Å². The Kier molecular flexibility index (Phi) is 4.14. The van der Waals surface area contributed by atoms with Crippen molar-refractivity contribution in [1.82, 2.24) is 0 Å². The average molecular weight is 298 g/mol. The molecular formula is C13H9Cl2NO3. The van der Waals surface area contributed by atoms with Crippen molar-refractivity contribution in [2.75, 3.05) is 5.32 Å². The SMILES string of the molecule is O=C(O)Oc1ccc(Cl)cc1Nc1cccc(Cl)c1. The van der Waals surface area contributed by atoms with Crippen LogP contribution in [0.1, 0.15) is 0 Å². The first kappa shape index (κ1) is 13.5. The van der Waals surface area contributed by atoms with Crippen LogP contribution >= 0.6 is 23.2 Å². The maximum absolute atomic E-state index is 10.6. The molecule has 0 fully saturated rings. The maximum Gasteiger partial charge on any atom is 0.511 e. The molecule has 6 heteroatoms. The Hall–Kier alpha value is -1.91. The van der Waals surface area contributed by atoms with Gasteiger partial charge in [-0.2, -0.15) is 0 Å². The third-order valence-electron chi connectivity index (χ3n) is 2.24. The van der Waals surface area contributed by atoms with Crippen LogP contribution in [0.15, 0.2) is 42.5 Å². The van der Waals surface area contributed by atoms with Crippen molar-refractivity contribution in [2.45, 2.75) is 0 Å². The number of carbonyl (C=O) groups is 1. The largest absolute Gasteiger partial charge is 0.511 e. The van der Waals surface area contributed by atoms with E-state index in [1.807, 2.05) is 0 Å². The molecule has 0 aromatic heterocycles. The maximum atomic E-state index is 10.6. The van der Waals surface area contributed by atoms with Gasteiger partial charge >= 0.3 is 6.16 Å². The minimum absolute atomic E-state index is 0.164. The van der Waals surface area contributed by atoms with Gasteiger partial charge in [0, 0.05) is 15.7 Å². The first-order chi connectivity index (χ1) is 9.04. The van der Waals surface area contributed by atoms with E-state index in [4.69, 9.17) is 28.3 Å². The van der Waals surface area contributed by atoms with Crippen molar-refractivity contribution in [3.05, 3.63) is 52.5 Å². The predicted molar refractivity (Wildman–Crippen MR) is 74.8 cm³/mol. The molecule has 19 heavy (non-hydrogen) atoms. The Morgan fingerprint density at radius 3 is 2.53 bits per heavy atom. The van der Waals surface area contributed by atoms with Gasteiger partial charge in [-0.25, -0.2) is 4.79 Å². The number of rotatable bonds is 3. The van der Waals surface area contributed by atoms with Gasteiger partial charge in [0.15, 0.2) is 5.75 Å². The van der Waals surface area contributed by atoms with E-state index in [0.717, 1.165) is 0 Å². The number of hydrogen-bond donors (Lipinski definition) is 2. The standard InChI is InChI=1S/C13H9Cl2NO3/c14-8-2-1-3-10(6-8)16-11-7-9(15)4-5-12(11)19-13(17)18/h1-7,16H,(H,17,18). The monoisotopic (exact) mass is 297 g/mol. The summed E-state index contributed by atoms with van der Waals surface area (Å²) in [7, 11) is 0. The molecule has 0 saturated heterocycles. The molecule has 0 aliphatic rings. The molecule has 0 spiro atoms. The van der Waals surface area contributed by atoms with Crippen LogP contribution in [-0.4, -0.2) is 11.3 Å². The average Bonchev–Trinajstić information content (AvgIpc) is 2.32. The zero-order valence-corrected chi connectivity index (χ0v) is 11.1.